The van der Waals surface area contributed by atoms with Crippen molar-refractivity contribution in [3.63, 3.8) is 0 Å². The van der Waals surface area contributed by atoms with Gasteiger partial charge in [-0.3, -0.25) is 4.99 Å². The van der Waals surface area contributed by atoms with Crippen LogP contribution in [0.4, 0.5) is 0 Å². The first-order chi connectivity index (χ1) is 10.7. The molecular weight excluding hydrogens is 401 g/mol. The normalized spacial score (nSPS) is 16.1. The van der Waals surface area contributed by atoms with E-state index in [0.717, 1.165) is 50.9 Å². The van der Waals surface area contributed by atoms with Gasteiger partial charge >= 0.3 is 0 Å². The van der Waals surface area contributed by atoms with Gasteiger partial charge in [0.15, 0.2) is 5.96 Å². The van der Waals surface area contributed by atoms with E-state index < -0.39 is 0 Å². The van der Waals surface area contributed by atoms with Crippen LogP contribution in [0.2, 0.25) is 0 Å². The number of hydrogen-bond donors (Lipinski definition) is 2. The number of rotatable bonds is 5. The molecule has 1 saturated heterocycles. The minimum absolute atomic E-state index is 0. The Labute approximate surface area is 157 Å². The Balaban J connectivity index is 0.00000264. The quantitative estimate of drug-likeness (QED) is 0.324. The Morgan fingerprint density at radius 1 is 1.26 bits per heavy atom. The molecule has 0 bridgehead atoms. The first-order valence-electron chi connectivity index (χ1n) is 8.50. The van der Waals surface area contributed by atoms with E-state index in [0.29, 0.717) is 5.75 Å². The van der Waals surface area contributed by atoms with Crippen molar-refractivity contribution < 1.29 is 5.11 Å². The lowest BCUT2D eigenvalue weighted by molar-refractivity contribution is 0.273. The molecular formula is C18H30IN3O. The van der Waals surface area contributed by atoms with Crippen molar-refractivity contribution >= 4 is 29.9 Å². The number of nitrogens with one attached hydrogen (secondary N) is 1. The molecule has 0 aliphatic carbocycles. The number of aryl methyl sites for hydroxylation is 1. The topological polar surface area (TPSA) is 47.9 Å². The molecule has 5 heteroatoms. The fraction of sp³-hybridized carbons (Fsp3) is 0.611. The van der Waals surface area contributed by atoms with Crippen LogP contribution in [0.5, 0.6) is 5.75 Å². The number of phenols is 1. The summed E-state index contributed by atoms with van der Waals surface area (Å²) in [5, 5.41) is 12.7. The van der Waals surface area contributed by atoms with Gasteiger partial charge in [-0.1, -0.05) is 19.1 Å². The molecule has 0 spiro atoms. The number of phenolic OH excluding ortho intramolecular Hbond substituents is 1. The third kappa shape index (κ3) is 6.97. The smallest absolute Gasteiger partial charge is 0.193 e. The summed E-state index contributed by atoms with van der Waals surface area (Å²) in [6, 6.07) is 7.46. The van der Waals surface area contributed by atoms with Crippen LogP contribution in [0.3, 0.4) is 0 Å². The number of nitrogens with zero attached hydrogens (tertiary/aromatic N) is 2. The molecule has 0 unspecified atom stereocenters. The maximum absolute atomic E-state index is 9.29. The number of halogens is 1. The van der Waals surface area contributed by atoms with Gasteiger partial charge in [-0.05, 0) is 56.2 Å². The van der Waals surface area contributed by atoms with Crippen LogP contribution in [-0.2, 0) is 6.42 Å². The number of aliphatic imine (C=N–C) groups is 1. The molecule has 0 saturated carbocycles. The summed E-state index contributed by atoms with van der Waals surface area (Å²) in [4.78, 5) is 7.17. The van der Waals surface area contributed by atoms with Crippen molar-refractivity contribution in [3.05, 3.63) is 29.8 Å². The summed E-state index contributed by atoms with van der Waals surface area (Å²) in [6.07, 6.45) is 4.56. The van der Waals surface area contributed by atoms with Crippen molar-refractivity contribution in [2.75, 3.05) is 26.2 Å². The largest absolute Gasteiger partial charge is 0.508 e. The highest BCUT2D eigenvalue weighted by Gasteiger charge is 2.18. The Morgan fingerprint density at radius 3 is 2.52 bits per heavy atom. The Morgan fingerprint density at radius 2 is 1.91 bits per heavy atom. The minimum atomic E-state index is 0. The molecule has 1 aliphatic rings. The Kier molecular flexibility index (Phi) is 9.36. The SMILES string of the molecule is CCNC(=NCCCc1ccc(O)cc1)N1CCC(C)CC1.I. The van der Waals surface area contributed by atoms with Gasteiger partial charge in [-0.15, -0.1) is 24.0 Å². The van der Waals surface area contributed by atoms with E-state index in [-0.39, 0.29) is 24.0 Å². The van der Waals surface area contributed by atoms with Crippen molar-refractivity contribution in [2.45, 2.75) is 39.5 Å². The van der Waals surface area contributed by atoms with E-state index in [1.807, 2.05) is 12.1 Å². The van der Waals surface area contributed by atoms with Gasteiger partial charge in [0, 0.05) is 26.2 Å². The summed E-state index contributed by atoms with van der Waals surface area (Å²) >= 11 is 0. The maximum atomic E-state index is 9.29. The average Bonchev–Trinajstić information content (AvgIpc) is 2.53. The number of hydrogen-bond acceptors (Lipinski definition) is 2. The molecule has 1 aromatic carbocycles. The fourth-order valence-corrected chi connectivity index (χ4v) is 2.78. The maximum Gasteiger partial charge on any atom is 0.193 e. The molecule has 0 amide bonds. The first kappa shape index (κ1) is 20.1. The predicted molar refractivity (Wildman–Crippen MR) is 108 cm³/mol. The Bertz CT molecular complexity index is 468. The van der Waals surface area contributed by atoms with Crippen LogP contribution >= 0.6 is 24.0 Å². The second-order valence-corrected chi connectivity index (χ2v) is 6.18. The summed E-state index contributed by atoms with van der Waals surface area (Å²) < 4.78 is 0. The summed E-state index contributed by atoms with van der Waals surface area (Å²) in [5.41, 5.74) is 1.25. The van der Waals surface area contributed by atoms with E-state index in [1.165, 1.54) is 18.4 Å². The lowest BCUT2D eigenvalue weighted by Crippen LogP contribution is -2.45. The molecule has 1 heterocycles. The van der Waals surface area contributed by atoms with Gasteiger partial charge in [0.1, 0.15) is 5.75 Å². The zero-order valence-electron chi connectivity index (χ0n) is 14.3. The van der Waals surface area contributed by atoms with Gasteiger partial charge in [0.2, 0.25) is 0 Å². The summed E-state index contributed by atoms with van der Waals surface area (Å²) in [5.74, 6) is 2.24. The molecule has 0 atom stereocenters. The van der Waals surface area contributed by atoms with Crippen molar-refractivity contribution in [1.29, 1.82) is 0 Å². The fourth-order valence-electron chi connectivity index (χ4n) is 2.78. The monoisotopic (exact) mass is 431 g/mol. The van der Waals surface area contributed by atoms with Crippen molar-refractivity contribution in [2.24, 2.45) is 10.9 Å². The molecule has 23 heavy (non-hydrogen) atoms. The predicted octanol–water partition coefficient (Wildman–Crippen LogP) is 3.64. The van der Waals surface area contributed by atoms with Crippen LogP contribution in [0.1, 0.15) is 38.7 Å². The van der Waals surface area contributed by atoms with Crippen LogP contribution in [-0.4, -0.2) is 42.1 Å². The number of aromatic hydroxyl groups is 1. The number of guanidine groups is 1. The lowest BCUT2D eigenvalue weighted by atomic mass is 10.00. The second kappa shape index (κ2) is 10.7. The van der Waals surface area contributed by atoms with E-state index in [9.17, 15) is 5.11 Å². The molecule has 2 N–H and O–H groups in total. The van der Waals surface area contributed by atoms with Gasteiger partial charge in [-0.25, -0.2) is 0 Å². The number of piperidine rings is 1. The third-order valence-electron chi connectivity index (χ3n) is 4.24. The highest BCUT2D eigenvalue weighted by molar-refractivity contribution is 14.0. The van der Waals surface area contributed by atoms with Gasteiger partial charge < -0.3 is 15.3 Å². The third-order valence-corrected chi connectivity index (χ3v) is 4.24. The van der Waals surface area contributed by atoms with E-state index in [4.69, 9.17) is 4.99 Å². The average molecular weight is 431 g/mol. The van der Waals surface area contributed by atoms with Crippen molar-refractivity contribution in [1.82, 2.24) is 10.2 Å². The summed E-state index contributed by atoms with van der Waals surface area (Å²) in [6.45, 7) is 8.45. The number of likely N-dealkylation sites (tertiary alicyclic amines) is 1. The molecule has 130 valence electrons. The first-order valence-corrected chi connectivity index (χ1v) is 8.50. The molecule has 2 rings (SSSR count). The van der Waals surface area contributed by atoms with Crippen LogP contribution in [0.15, 0.2) is 29.3 Å². The molecule has 0 radical (unpaired) electrons. The second-order valence-electron chi connectivity index (χ2n) is 6.18. The van der Waals surface area contributed by atoms with E-state index in [1.54, 1.807) is 12.1 Å². The van der Waals surface area contributed by atoms with Gasteiger partial charge in [0.05, 0.1) is 0 Å². The van der Waals surface area contributed by atoms with Crippen LogP contribution in [0.25, 0.3) is 0 Å². The van der Waals surface area contributed by atoms with Gasteiger partial charge in [-0.2, -0.15) is 0 Å². The summed E-state index contributed by atoms with van der Waals surface area (Å²) in [7, 11) is 0. The zero-order chi connectivity index (χ0) is 15.8. The number of benzene rings is 1. The van der Waals surface area contributed by atoms with Crippen LogP contribution in [0, 0.1) is 5.92 Å². The lowest BCUT2D eigenvalue weighted by Gasteiger charge is -2.33. The van der Waals surface area contributed by atoms with Crippen LogP contribution < -0.4 is 5.32 Å². The zero-order valence-corrected chi connectivity index (χ0v) is 16.6. The molecule has 1 fully saturated rings. The molecule has 0 aromatic heterocycles. The van der Waals surface area contributed by atoms with Gasteiger partial charge in [0.25, 0.3) is 0 Å². The van der Waals surface area contributed by atoms with E-state index in [2.05, 4.69) is 24.1 Å². The Hall–Kier alpha value is -0.980. The molecule has 1 aliphatic heterocycles. The highest BCUT2D eigenvalue weighted by atomic mass is 127. The molecule has 4 nitrogen and oxygen atoms in total. The standard InChI is InChI=1S/C18H29N3O.HI/c1-3-19-18(21-13-10-15(2)11-14-21)20-12-4-5-16-6-8-17(22)9-7-16;/h6-9,15,22H,3-5,10-14H2,1-2H3,(H,19,20);1H. The van der Waals surface area contributed by atoms with Crippen molar-refractivity contribution in [3.8, 4) is 5.75 Å². The molecule has 1 aromatic rings. The van der Waals surface area contributed by atoms with E-state index >= 15 is 0 Å². The highest BCUT2D eigenvalue weighted by Crippen LogP contribution is 2.16. The minimum Gasteiger partial charge on any atom is -0.508 e.